The van der Waals surface area contributed by atoms with Crippen LogP contribution in [0.5, 0.6) is 0 Å². The third kappa shape index (κ3) is 9.82. The van der Waals surface area contributed by atoms with E-state index in [2.05, 4.69) is 35.7 Å². The lowest BCUT2D eigenvalue weighted by molar-refractivity contribution is -0.115. The first-order chi connectivity index (χ1) is 27.3. The maximum absolute atomic E-state index is 11.9. The van der Waals surface area contributed by atoms with Gasteiger partial charge in [0.25, 0.3) is 0 Å². The van der Waals surface area contributed by atoms with Crippen LogP contribution in [0.3, 0.4) is 0 Å². The van der Waals surface area contributed by atoms with Crippen LogP contribution in [-0.2, 0) is 40.3 Å². The van der Waals surface area contributed by atoms with E-state index in [4.69, 9.17) is 20.4 Å². The van der Waals surface area contributed by atoms with Gasteiger partial charge in [-0.25, -0.2) is 14.8 Å². The molecule has 0 spiro atoms. The van der Waals surface area contributed by atoms with E-state index in [0.717, 1.165) is 104 Å². The van der Waals surface area contributed by atoms with Gasteiger partial charge in [-0.15, -0.1) is 45.3 Å². The number of thiazole rings is 2. The number of hydrogen-bond donors (Lipinski definition) is 4. The average molecular weight is 847 g/mol. The molecule has 0 aromatic carbocycles. The largest absolute Gasteiger partial charge is 0.444 e. The second-order valence-corrected chi connectivity index (χ2v) is 19.0. The summed E-state index contributed by atoms with van der Waals surface area (Å²) in [6, 6.07) is 3.95. The monoisotopic (exact) mass is 846 g/mol. The number of carbonyl (C=O) groups excluding carboxylic acids is 3. The number of nitrogens with zero attached hydrogens (tertiary/aromatic N) is 6. The van der Waals surface area contributed by atoms with Crippen molar-refractivity contribution in [2.45, 2.75) is 66.2 Å². The molecule has 57 heavy (non-hydrogen) atoms. The minimum Gasteiger partial charge on any atom is -0.444 e. The fourth-order valence-corrected chi connectivity index (χ4v) is 11.7. The number of ether oxygens (including phenoxy) is 1. The molecule has 14 nitrogen and oxygen atoms in total. The molecular weight excluding hydrogens is 801 g/mol. The van der Waals surface area contributed by atoms with Crippen molar-refractivity contribution in [2.24, 2.45) is 5.73 Å². The fourth-order valence-electron chi connectivity index (χ4n) is 6.83. The molecule has 300 valence electrons. The molecule has 2 aliphatic heterocycles. The fraction of sp³-hybridized carbons (Fsp3) is 0.410. The van der Waals surface area contributed by atoms with E-state index in [-0.39, 0.29) is 11.8 Å². The van der Waals surface area contributed by atoms with E-state index >= 15 is 0 Å². The molecule has 0 saturated carbocycles. The number of nitrogens with one attached hydrogen (secondary N) is 3. The molecule has 0 unspecified atom stereocenters. The van der Waals surface area contributed by atoms with E-state index in [1.807, 2.05) is 32.9 Å². The van der Waals surface area contributed by atoms with Crippen LogP contribution in [-0.4, -0.2) is 92.5 Å². The number of fused-ring (bicyclic) bond motifs is 4. The van der Waals surface area contributed by atoms with Gasteiger partial charge in [0.15, 0.2) is 0 Å². The maximum Gasteiger partial charge on any atom is 0.407 e. The minimum atomic E-state index is -0.506. The second kappa shape index (κ2) is 17.6. The molecule has 0 saturated heterocycles. The topological polar surface area (TPSA) is 181 Å². The zero-order valence-electron chi connectivity index (χ0n) is 32.6. The first kappa shape index (κ1) is 40.8. The number of nitrogens with two attached hydrogens (primary N) is 1. The maximum atomic E-state index is 11.9. The molecule has 6 aromatic heterocycles. The molecule has 0 atom stereocenters. The number of aromatic nitrogens is 4. The van der Waals surface area contributed by atoms with Gasteiger partial charge in [-0.05, 0) is 56.9 Å². The summed E-state index contributed by atoms with van der Waals surface area (Å²) in [6.45, 7) is 15.0. The first-order valence-corrected chi connectivity index (χ1v) is 22.0. The predicted octanol–water partition coefficient (Wildman–Crippen LogP) is 6.96. The smallest absolute Gasteiger partial charge is 0.407 e. The van der Waals surface area contributed by atoms with Crippen molar-refractivity contribution in [1.82, 2.24) is 35.1 Å². The lowest BCUT2D eigenvalue weighted by Gasteiger charge is -2.27. The van der Waals surface area contributed by atoms with Gasteiger partial charge < -0.3 is 26.4 Å². The van der Waals surface area contributed by atoms with Crippen LogP contribution >= 0.6 is 45.3 Å². The Hall–Kier alpha value is -4.43. The van der Waals surface area contributed by atoms with Gasteiger partial charge in [0.1, 0.15) is 36.7 Å². The van der Waals surface area contributed by atoms with Crippen molar-refractivity contribution in [3.8, 4) is 21.1 Å². The van der Waals surface area contributed by atoms with Crippen LogP contribution in [0.15, 0.2) is 36.9 Å². The van der Waals surface area contributed by atoms with Gasteiger partial charge in [-0.3, -0.25) is 29.4 Å². The van der Waals surface area contributed by atoms with Gasteiger partial charge >= 0.3 is 6.09 Å². The Morgan fingerprint density at radius 3 is 1.70 bits per heavy atom. The molecule has 0 radical (unpaired) electrons. The Bertz CT molecular complexity index is 2350. The lowest BCUT2D eigenvalue weighted by Crippen LogP contribution is -2.39. The average Bonchev–Trinajstić information content (AvgIpc) is 3.92. The minimum absolute atomic E-state index is 0.0542. The molecule has 0 bridgehead atoms. The number of pyridine rings is 2. The molecule has 6 aromatic rings. The van der Waals surface area contributed by atoms with Crippen molar-refractivity contribution < 1.29 is 19.1 Å². The number of hydrogen-bond acceptors (Lipinski definition) is 15. The van der Waals surface area contributed by atoms with E-state index in [1.54, 1.807) is 77.1 Å². The second-order valence-electron chi connectivity index (χ2n) is 14.8. The van der Waals surface area contributed by atoms with Crippen molar-refractivity contribution in [3.63, 3.8) is 0 Å². The summed E-state index contributed by atoms with van der Waals surface area (Å²) in [5.74, 6) is -0.146. The van der Waals surface area contributed by atoms with Crippen LogP contribution in [0.2, 0.25) is 0 Å². The summed E-state index contributed by atoms with van der Waals surface area (Å²) in [7, 11) is 0. The van der Waals surface area contributed by atoms with Crippen molar-refractivity contribution in [1.29, 1.82) is 0 Å². The summed E-state index contributed by atoms with van der Waals surface area (Å²) in [4.78, 5) is 60.5. The normalized spacial score (nSPS) is 14.4. The highest BCUT2D eigenvalue weighted by Crippen LogP contribution is 2.47. The number of anilines is 2. The van der Waals surface area contributed by atoms with E-state index in [9.17, 15) is 14.4 Å². The summed E-state index contributed by atoms with van der Waals surface area (Å²) in [5.41, 5.74) is 11.7. The Balaban J connectivity index is 0.000000179. The van der Waals surface area contributed by atoms with Crippen LogP contribution in [0.4, 0.5) is 14.8 Å². The van der Waals surface area contributed by atoms with Crippen LogP contribution in [0.25, 0.3) is 41.6 Å². The standard InChI is InChI=1S/C22H27N5O3S2.C17H19N5OS2/c1-13(28)25-19-18(20-26-15-11-23-7-5-16(15)31-20)14-6-9-27(12-17(14)32-19)10-8-24-21(29)30-22(2,3)4;1-10(23)20-16-15(17-21-12-8-19-5-2-13(12)24-17)11-3-6-22(7-4-18)9-14(11)25-16/h5,7,11H,6,8-10,12H2,1-4H3,(H,24,29)(H,25,28);2,5,8H,3-4,6-7,9,18H2,1H3,(H,20,23). The molecule has 0 fully saturated rings. The molecule has 2 aliphatic rings. The van der Waals surface area contributed by atoms with E-state index in [0.29, 0.717) is 13.1 Å². The summed E-state index contributed by atoms with van der Waals surface area (Å²) < 4.78 is 7.48. The predicted molar refractivity (Wildman–Crippen MR) is 231 cm³/mol. The van der Waals surface area contributed by atoms with Crippen LogP contribution < -0.4 is 21.7 Å². The molecule has 5 N–H and O–H groups in total. The Kier molecular flexibility index (Phi) is 12.6. The van der Waals surface area contributed by atoms with Gasteiger partial charge in [-0.1, -0.05) is 0 Å². The highest BCUT2D eigenvalue weighted by Gasteiger charge is 2.29. The number of alkyl carbamates (subject to hydrolysis) is 1. The zero-order valence-corrected chi connectivity index (χ0v) is 35.8. The summed E-state index contributed by atoms with van der Waals surface area (Å²) >= 11 is 6.54. The Morgan fingerprint density at radius 1 is 0.772 bits per heavy atom. The van der Waals surface area contributed by atoms with Crippen molar-refractivity contribution >= 4 is 93.7 Å². The molecule has 3 amide bonds. The summed E-state index contributed by atoms with van der Waals surface area (Å²) in [5, 5.41) is 12.5. The van der Waals surface area contributed by atoms with Crippen molar-refractivity contribution in [3.05, 3.63) is 57.8 Å². The van der Waals surface area contributed by atoms with E-state index in [1.165, 1.54) is 27.8 Å². The molecule has 8 heterocycles. The SMILES string of the molecule is CC(=O)Nc1sc2c(c1-c1nc3cnccc3s1)CCN(CCN)C2.CC(=O)Nc1sc2c(c1-c1nc3cnccc3s1)CCN(CCNC(=O)OC(C)(C)C)C2. The van der Waals surface area contributed by atoms with Crippen LogP contribution in [0, 0.1) is 0 Å². The number of amides is 3. The molecule has 18 heteroatoms. The van der Waals surface area contributed by atoms with Gasteiger partial charge in [0.2, 0.25) is 11.8 Å². The lowest BCUT2D eigenvalue weighted by atomic mass is 10.0. The van der Waals surface area contributed by atoms with Gasteiger partial charge in [0.05, 0.1) is 21.8 Å². The quantitative estimate of drug-likeness (QED) is 0.118. The van der Waals surface area contributed by atoms with Gasteiger partial charge in [-0.2, -0.15) is 0 Å². The van der Waals surface area contributed by atoms with E-state index < -0.39 is 11.7 Å². The zero-order chi connectivity index (χ0) is 40.3. The van der Waals surface area contributed by atoms with Crippen LogP contribution in [0.1, 0.15) is 55.5 Å². The number of carbonyl (C=O) groups is 3. The first-order valence-electron chi connectivity index (χ1n) is 18.7. The number of rotatable bonds is 9. The third-order valence-corrected chi connectivity index (χ3v) is 13.6. The van der Waals surface area contributed by atoms with Gasteiger partial charge in [0, 0.05) is 99.5 Å². The Morgan fingerprint density at radius 2 is 1.26 bits per heavy atom. The number of thiophene rings is 2. The highest BCUT2D eigenvalue weighted by molar-refractivity contribution is 7.23. The van der Waals surface area contributed by atoms with Crippen molar-refractivity contribution in [2.75, 3.05) is 49.9 Å². The molecular formula is C39H46N10O4S4. The summed E-state index contributed by atoms with van der Waals surface area (Å²) in [6.07, 6.45) is 8.53. The molecule has 0 aliphatic carbocycles. The molecule has 8 rings (SSSR count). The Labute approximate surface area is 346 Å². The third-order valence-electron chi connectivity index (χ3n) is 9.20. The highest BCUT2D eigenvalue weighted by atomic mass is 32.1.